The van der Waals surface area contributed by atoms with Crippen LogP contribution in [-0.2, 0) is 79.9 Å². The number of methoxy groups -OCH3 is 1. The molecule has 2 saturated heterocycles. The van der Waals surface area contributed by atoms with E-state index >= 15 is 0 Å². The maximum Gasteiger partial charge on any atom is 0.328 e. The Labute approximate surface area is 564 Å². The Balaban J connectivity index is 1.57. The lowest BCUT2D eigenvalue weighted by molar-refractivity contribution is -0.145. The molecule has 4 rings (SSSR count). The highest BCUT2D eigenvalue weighted by molar-refractivity contribution is 7.98. The second-order valence-corrected chi connectivity index (χ2v) is 25.2. The number of nitrogens with zero attached hydrogens (tertiary/aromatic N) is 3. The van der Waals surface area contributed by atoms with E-state index in [2.05, 4.69) is 47.5 Å². The number of aliphatic imine (C=N–C) groups is 1. The minimum atomic E-state index is -1.64. The van der Waals surface area contributed by atoms with Crippen molar-refractivity contribution in [3.63, 3.8) is 0 Å². The lowest BCUT2D eigenvalue weighted by atomic mass is 10.0. The first kappa shape index (κ1) is 79.5. The summed E-state index contributed by atoms with van der Waals surface area (Å²) in [7, 11) is 1.20. The number of hydrogen-bond donors (Lipinski definition) is 14. The lowest BCUT2D eigenvalue weighted by Crippen LogP contribution is -2.60. The number of amides is 12. The first-order chi connectivity index (χ1) is 45.8. The predicted molar refractivity (Wildman–Crippen MR) is 358 cm³/mol. The van der Waals surface area contributed by atoms with E-state index in [1.165, 1.54) is 28.7 Å². The van der Waals surface area contributed by atoms with Crippen LogP contribution in [0.25, 0.3) is 0 Å². The first-order valence-corrected chi connectivity index (χ1v) is 33.9. The number of ether oxygens (including phenoxy) is 1. The van der Waals surface area contributed by atoms with Crippen molar-refractivity contribution >= 4 is 94.6 Å². The van der Waals surface area contributed by atoms with Crippen LogP contribution in [0.2, 0.25) is 0 Å². The van der Waals surface area contributed by atoms with Gasteiger partial charge in [-0.1, -0.05) is 74.5 Å². The van der Waals surface area contributed by atoms with E-state index in [0.29, 0.717) is 55.4 Å². The molecule has 0 spiro atoms. The van der Waals surface area contributed by atoms with Crippen molar-refractivity contribution in [1.82, 2.24) is 52.3 Å². The molecular formula is C64H99N17O14S. The fraction of sp³-hybridized carbons (Fsp3) is 0.594. The van der Waals surface area contributed by atoms with Crippen LogP contribution >= 0.6 is 11.8 Å². The number of hydrogen-bond acceptors (Lipinski definition) is 18. The van der Waals surface area contributed by atoms with Crippen molar-refractivity contribution in [1.29, 1.82) is 0 Å². The molecule has 20 N–H and O–H groups in total. The molecule has 2 heterocycles. The number of primary amides is 2. The number of carbonyl (C=O) groups is 13. The summed E-state index contributed by atoms with van der Waals surface area (Å²) in [5.41, 5.74) is 35.1. The van der Waals surface area contributed by atoms with E-state index in [4.69, 9.17) is 39.1 Å². The summed E-state index contributed by atoms with van der Waals surface area (Å²) in [4.78, 5) is 185. The molecule has 0 saturated carbocycles. The molecule has 0 radical (unpaired) electrons. The molecule has 31 nitrogen and oxygen atoms in total. The Morgan fingerprint density at radius 2 is 1.04 bits per heavy atom. The Hall–Kier alpha value is -8.91. The molecule has 0 aromatic heterocycles. The van der Waals surface area contributed by atoms with Crippen LogP contribution < -0.4 is 76.9 Å². The van der Waals surface area contributed by atoms with E-state index in [1.54, 1.807) is 60.7 Å². The highest BCUT2D eigenvalue weighted by Crippen LogP contribution is 2.24. The number of nitrogens with two attached hydrogens (primary N) is 6. The number of guanidine groups is 1. The largest absolute Gasteiger partial charge is 0.467 e. The molecule has 2 fully saturated rings. The maximum absolute atomic E-state index is 14.7. The van der Waals surface area contributed by atoms with Crippen molar-refractivity contribution in [3.05, 3.63) is 71.8 Å². The van der Waals surface area contributed by atoms with Crippen molar-refractivity contribution in [2.75, 3.05) is 51.8 Å². The Bertz CT molecular complexity index is 2980. The van der Waals surface area contributed by atoms with Gasteiger partial charge in [0.25, 0.3) is 0 Å². The molecule has 0 bridgehead atoms. The summed E-state index contributed by atoms with van der Waals surface area (Å²) in [5.74, 6) is -9.69. The van der Waals surface area contributed by atoms with Gasteiger partial charge in [-0.3, -0.25) is 62.5 Å². The summed E-state index contributed by atoms with van der Waals surface area (Å²) in [6.45, 7) is 3.88. The second-order valence-electron chi connectivity index (χ2n) is 24.2. The van der Waals surface area contributed by atoms with Crippen LogP contribution in [0.1, 0.15) is 121 Å². The molecule has 2 aromatic carbocycles. The van der Waals surface area contributed by atoms with Crippen LogP contribution in [0.4, 0.5) is 0 Å². The van der Waals surface area contributed by atoms with Gasteiger partial charge in [0.15, 0.2) is 5.96 Å². The van der Waals surface area contributed by atoms with E-state index in [0.717, 1.165) is 0 Å². The zero-order chi connectivity index (χ0) is 70.9. The molecule has 2 aliphatic rings. The lowest BCUT2D eigenvalue weighted by Gasteiger charge is -2.32. The highest BCUT2D eigenvalue weighted by Gasteiger charge is 2.42. The maximum atomic E-state index is 14.7. The Kier molecular flexibility index (Phi) is 34.6. The molecule has 32 heteroatoms. The summed E-state index contributed by atoms with van der Waals surface area (Å²) in [6, 6.07) is 4.54. The fourth-order valence-electron chi connectivity index (χ4n) is 11.1. The minimum absolute atomic E-state index is 0.0737. The average molecular weight is 1360 g/mol. The first-order valence-electron chi connectivity index (χ1n) is 32.5. The normalized spacial score (nSPS) is 16.7. The monoisotopic (exact) mass is 1360 g/mol. The van der Waals surface area contributed by atoms with Crippen molar-refractivity contribution in [3.8, 4) is 0 Å². The summed E-state index contributed by atoms with van der Waals surface area (Å²) < 4.78 is 4.88. The van der Waals surface area contributed by atoms with Crippen LogP contribution in [0.3, 0.4) is 0 Å². The van der Waals surface area contributed by atoms with Gasteiger partial charge in [-0.2, -0.15) is 11.8 Å². The van der Waals surface area contributed by atoms with Gasteiger partial charge >= 0.3 is 5.97 Å². The van der Waals surface area contributed by atoms with Crippen LogP contribution in [0.5, 0.6) is 0 Å². The summed E-state index contributed by atoms with van der Waals surface area (Å²) in [6.07, 6.45) is 3.15. The number of esters is 1. The van der Waals surface area contributed by atoms with Gasteiger partial charge in [-0.15, -0.1) is 0 Å². The molecular weight excluding hydrogens is 1260 g/mol. The van der Waals surface area contributed by atoms with Crippen LogP contribution in [0, 0.1) is 5.92 Å². The minimum Gasteiger partial charge on any atom is -0.467 e. The van der Waals surface area contributed by atoms with Gasteiger partial charge in [0, 0.05) is 45.3 Å². The number of carbonyl (C=O) groups excluding carboxylic acids is 13. The number of benzene rings is 2. The molecule has 2 aliphatic heterocycles. The third-order valence-electron chi connectivity index (χ3n) is 16.2. The molecule has 2 aromatic rings. The fourth-order valence-corrected chi connectivity index (χ4v) is 11.6. The van der Waals surface area contributed by atoms with Crippen LogP contribution in [-0.4, -0.2) is 205 Å². The van der Waals surface area contributed by atoms with Gasteiger partial charge in [0.2, 0.25) is 70.9 Å². The second kappa shape index (κ2) is 41.8. The number of nitrogens with one attached hydrogen (secondary N) is 8. The van der Waals surface area contributed by atoms with Gasteiger partial charge in [-0.25, -0.2) is 4.79 Å². The quantitative estimate of drug-likeness (QED) is 0.0136. The topological polar surface area (TPSA) is 502 Å². The highest BCUT2D eigenvalue weighted by atomic mass is 32.2. The zero-order valence-electron chi connectivity index (χ0n) is 55.3. The van der Waals surface area contributed by atoms with Gasteiger partial charge in [-0.05, 0) is 119 Å². The molecule has 0 unspecified atom stereocenters. The van der Waals surface area contributed by atoms with E-state index < -0.39 is 170 Å². The van der Waals surface area contributed by atoms with Gasteiger partial charge in [0.05, 0.1) is 19.7 Å². The van der Waals surface area contributed by atoms with E-state index in [-0.39, 0.29) is 83.0 Å². The molecule has 530 valence electrons. The predicted octanol–water partition coefficient (Wildman–Crippen LogP) is -3.02. The summed E-state index contributed by atoms with van der Waals surface area (Å²) in [5, 5.41) is 21.2. The summed E-state index contributed by atoms with van der Waals surface area (Å²) >= 11 is 1.46. The van der Waals surface area contributed by atoms with Crippen molar-refractivity contribution in [2.45, 2.75) is 183 Å². The number of thioether (sulfide) groups is 1. The smallest absolute Gasteiger partial charge is 0.328 e. The van der Waals surface area contributed by atoms with E-state index in [1.807, 2.05) is 20.1 Å². The van der Waals surface area contributed by atoms with E-state index in [9.17, 15) is 62.3 Å². The Morgan fingerprint density at radius 3 is 1.54 bits per heavy atom. The third kappa shape index (κ3) is 27.4. The standard InChI is InChI=1S/C64H99N17O14S/c1-38(2)34-46(57(88)77-45(28-33-96-4)63(94)95-3)73-53(84)37-72-54(85)47(35-39-16-7-5-8-17-39)78-58(89)48(36-40-18-9-6-10-19-40)79-56(87)42(24-26-51(67)82)74-55(86)43(25-27-52(68)83)75-59(90)50-23-15-32-81(50)62(93)44(21-11-12-29-65)76-60(91)49-22-14-31-80(49)61(92)41(66)20-13-30-71-64(69)70/h5-10,16-19,38,41-50H,11-15,20-37,65-66H2,1-4H3,(H2,67,82)(H2,68,83)(H,72,85)(H,73,84)(H,74,86)(H,75,90)(H,76,91)(H,77,88)(H,78,89)(H,79,87)(H4,69,70,71)/t41-,42-,43-,44-,45-,46-,47-,48-,49+,50+/m0/s1. The van der Waals surface area contributed by atoms with Gasteiger partial charge in [0.1, 0.15) is 54.4 Å². The van der Waals surface area contributed by atoms with Crippen molar-refractivity contribution in [2.24, 2.45) is 45.3 Å². The molecule has 12 amide bonds. The molecule has 0 aliphatic carbocycles. The third-order valence-corrected chi connectivity index (χ3v) is 16.8. The Morgan fingerprint density at radius 1 is 0.562 bits per heavy atom. The SMILES string of the molecule is COC(=O)[C@H](CCSC)NC(=O)[C@H](CC(C)C)NC(=O)CNC(=O)[C@H](Cc1ccccc1)NC(=O)[C@H](Cc1ccccc1)NC(=O)[C@H](CCC(N)=O)NC(=O)[C@H](CCC(N)=O)NC(=O)[C@H]1CCCN1C(=O)[C@H](CCCCN)NC(=O)[C@H]1CCCN1C(=O)[C@@H](N)CCCN=C(N)N. The number of rotatable bonds is 42. The molecule has 96 heavy (non-hydrogen) atoms. The average Bonchev–Trinajstić information content (AvgIpc) is 1.63. The van der Waals surface area contributed by atoms with Gasteiger partial charge < -0.3 is 91.5 Å². The number of likely N-dealkylation sites (tertiary alicyclic amines) is 2. The number of unbranched alkanes of at least 4 members (excludes halogenated alkanes) is 1. The zero-order valence-corrected chi connectivity index (χ0v) is 56.1. The molecule has 10 atom stereocenters. The van der Waals surface area contributed by atoms with Crippen molar-refractivity contribution < 1.29 is 67.1 Å². The van der Waals surface area contributed by atoms with Crippen LogP contribution in [0.15, 0.2) is 65.7 Å².